The van der Waals surface area contributed by atoms with Crippen molar-refractivity contribution in [2.75, 3.05) is 12.4 Å². The van der Waals surface area contributed by atoms with E-state index >= 15 is 0 Å². The molecule has 0 saturated heterocycles. The van der Waals surface area contributed by atoms with Gasteiger partial charge in [-0.3, -0.25) is 9.48 Å². The molecule has 1 aliphatic heterocycles. The minimum Gasteiger partial charge on any atom is -0.463 e. The van der Waals surface area contributed by atoms with E-state index in [9.17, 15) is 4.79 Å². The number of nitrogens with zero attached hydrogens (tertiary/aromatic N) is 2. The van der Waals surface area contributed by atoms with E-state index < -0.39 is 0 Å². The van der Waals surface area contributed by atoms with Crippen molar-refractivity contribution in [1.29, 1.82) is 0 Å². The number of benzene rings is 1. The maximum atomic E-state index is 12.2. The summed E-state index contributed by atoms with van der Waals surface area (Å²) in [6, 6.07) is 9.98. The summed E-state index contributed by atoms with van der Waals surface area (Å²) in [5.74, 6) is 0.824. The smallest absolute Gasteiger partial charge is 0.323 e. The van der Waals surface area contributed by atoms with Gasteiger partial charge in [0.25, 0.3) is 0 Å². The lowest BCUT2D eigenvalue weighted by atomic mass is 10.0. The second-order valence-corrected chi connectivity index (χ2v) is 5.85. The summed E-state index contributed by atoms with van der Waals surface area (Å²) in [5.41, 5.74) is 2.37. The van der Waals surface area contributed by atoms with E-state index in [-0.39, 0.29) is 11.2 Å². The van der Waals surface area contributed by atoms with Crippen LogP contribution in [0.5, 0.6) is 0 Å². The van der Waals surface area contributed by atoms with Gasteiger partial charge in [0.2, 0.25) is 0 Å². The van der Waals surface area contributed by atoms with Gasteiger partial charge in [0, 0.05) is 12.4 Å². The van der Waals surface area contributed by atoms with Crippen molar-refractivity contribution >= 4 is 17.7 Å². The number of carbonyl (C=O) groups is 1. The molecular weight excluding hydrogens is 272 g/mol. The highest BCUT2D eigenvalue weighted by Gasteiger charge is 2.27. The van der Waals surface area contributed by atoms with Gasteiger partial charge in [-0.1, -0.05) is 24.3 Å². The lowest BCUT2D eigenvalue weighted by Crippen LogP contribution is -2.20. The molecule has 104 valence electrons. The van der Waals surface area contributed by atoms with Crippen LogP contribution < -0.4 is 0 Å². The fourth-order valence-corrected chi connectivity index (χ4v) is 3.52. The third-order valence-corrected chi connectivity index (χ3v) is 4.55. The highest BCUT2D eigenvalue weighted by Crippen LogP contribution is 2.37. The average molecular weight is 288 g/mol. The second kappa shape index (κ2) is 6.13. The number of thioether (sulfide) groups is 1. The molecule has 1 aromatic heterocycles. The van der Waals surface area contributed by atoms with Gasteiger partial charge in [0.05, 0.1) is 6.54 Å². The number of aromatic nitrogens is 2. The minimum absolute atomic E-state index is 0.144. The van der Waals surface area contributed by atoms with E-state index in [1.54, 1.807) is 22.6 Å². The van der Waals surface area contributed by atoms with Crippen LogP contribution in [-0.2, 0) is 22.5 Å². The Hall–Kier alpha value is -1.75. The van der Waals surface area contributed by atoms with E-state index in [0.29, 0.717) is 13.2 Å². The van der Waals surface area contributed by atoms with E-state index in [1.807, 2.05) is 30.5 Å². The molecule has 0 N–H and O–H groups in total. The first-order valence-electron chi connectivity index (χ1n) is 6.68. The van der Waals surface area contributed by atoms with Gasteiger partial charge >= 0.3 is 5.97 Å². The van der Waals surface area contributed by atoms with Crippen LogP contribution in [0.25, 0.3) is 0 Å². The van der Waals surface area contributed by atoms with Crippen LogP contribution in [0.1, 0.15) is 16.4 Å². The van der Waals surface area contributed by atoms with Crippen molar-refractivity contribution in [3.8, 4) is 0 Å². The Kier molecular flexibility index (Phi) is 4.06. The van der Waals surface area contributed by atoms with Crippen LogP contribution in [0.15, 0.2) is 42.7 Å². The zero-order chi connectivity index (χ0) is 13.8. The molecule has 0 bridgehead atoms. The Bertz CT molecular complexity index is 583. The summed E-state index contributed by atoms with van der Waals surface area (Å²) in [6.07, 6.45) is 4.60. The van der Waals surface area contributed by atoms with Crippen LogP contribution in [-0.4, -0.2) is 28.1 Å². The fourth-order valence-electron chi connectivity index (χ4n) is 2.34. The molecule has 2 aromatic rings. The molecular formula is C15H16N2O2S. The molecule has 0 fully saturated rings. The maximum absolute atomic E-state index is 12.2. The Labute approximate surface area is 122 Å². The van der Waals surface area contributed by atoms with Crippen molar-refractivity contribution in [3.63, 3.8) is 0 Å². The topological polar surface area (TPSA) is 44.1 Å². The third kappa shape index (κ3) is 2.88. The molecule has 4 nitrogen and oxygen atoms in total. The highest BCUT2D eigenvalue weighted by atomic mass is 32.2. The lowest BCUT2D eigenvalue weighted by Gasteiger charge is -2.23. The zero-order valence-electron chi connectivity index (χ0n) is 11.1. The molecule has 2 heterocycles. The van der Waals surface area contributed by atoms with Crippen LogP contribution in [0.4, 0.5) is 0 Å². The predicted molar refractivity (Wildman–Crippen MR) is 78.5 cm³/mol. The largest absolute Gasteiger partial charge is 0.463 e. The molecule has 0 spiro atoms. The SMILES string of the molecule is O=C(OCCn1cccn1)[C@H]1SCCc2ccccc21. The first-order valence-corrected chi connectivity index (χ1v) is 7.73. The molecule has 5 heteroatoms. The molecule has 1 atom stereocenters. The Morgan fingerprint density at radius 3 is 3.15 bits per heavy atom. The first kappa shape index (κ1) is 13.2. The molecule has 1 aliphatic rings. The van der Waals surface area contributed by atoms with Crippen molar-refractivity contribution in [2.24, 2.45) is 0 Å². The normalized spacial score (nSPS) is 17.5. The molecule has 0 saturated carbocycles. The van der Waals surface area contributed by atoms with Crippen LogP contribution in [0, 0.1) is 0 Å². The standard InChI is InChI=1S/C15H16N2O2S/c18-15(19-10-9-17-8-3-7-16-17)14-13-5-2-1-4-12(13)6-11-20-14/h1-5,7-8,14H,6,9-11H2/t14-/m0/s1. The summed E-state index contributed by atoms with van der Waals surface area (Å²) in [7, 11) is 0. The number of aryl methyl sites for hydroxylation is 1. The number of hydrogen-bond acceptors (Lipinski definition) is 4. The lowest BCUT2D eigenvalue weighted by molar-refractivity contribution is -0.143. The van der Waals surface area contributed by atoms with E-state index in [4.69, 9.17) is 4.74 Å². The maximum Gasteiger partial charge on any atom is 0.323 e. The van der Waals surface area contributed by atoms with Gasteiger partial charge < -0.3 is 4.74 Å². The molecule has 0 radical (unpaired) electrons. The monoisotopic (exact) mass is 288 g/mol. The van der Waals surface area contributed by atoms with E-state index in [2.05, 4.69) is 11.2 Å². The van der Waals surface area contributed by atoms with Crippen molar-refractivity contribution in [1.82, 2.24) is 9.78 Å². The first-order chi connectivity index (χ1) is 9.84. The van der Waals surface area contributed by atoms with Crippen molar-refractivity contribution < 1.29 is 9.53 Å². The van der Waals surface area contributed by atoms with Crippen LogP contribution >= 0.6 is 11.8 Å². The van der Waals surface area contributed by atoms with E-state index in [1.165, 1.54) is 5.56 Å². The molecule has 0 amide bonds. The predicted octanol–water partition coefficient (Wildman–Crippen LogP) is 2.46. The quantitative estimate of drug-likeness (QED) is 0.811. The number of hydrogen-bond donors (Lipinski definition) is 0. The van der Waals surface area contributed by atoms with Gasteiger partial charge in [0.15, 0.2) is 0 Å². The number of carbonyl (C=O) groups excluding carboxylic acids is 1. The highest BCUT2D eigenvalue weighted by molar-refractivity contribution is 8.00. The summed E-state index contributed by atoms with van der Waals surface area (Å²) in [5, 5.41) is 3.90. The van der Waals surface area contributed by atoms with Gasteiger partial charge in [-0.05, 0) is 29.4 Å². The summed E-state index contributed by atoms with van der Waals surface area (Å²) >= 11 is 1.66. The van der Waals surface area contributed by atoms with Crippen LogP contribution in [0.3, 0.4) is 0 Å². The van der Waals surface area contributed by atoms with Crippen LogP contribution in [0.2, 0.25) is 0 Å². The average Bonchev–Trinajstić information content (AvgIpc) is 3.00. The number of fused-ring (bicyclic) bond motifs is 1. The third-order valence-electron chi connectivity index (χ3n) is 3.33. The number of esters is 1. The zero-order valence-corrected chi connectivity index (χ0v) is 11.9. The summed E-state index contributed by atoms with van der Waals surface area (Å²) in [6.45, 7) is 0.956. The summed E-state index contributed by atoms with van der Waals surface area (Å²) in [4.78, 5) is 12.2. The van der Waals surface area contributed by atoms with Crippen molar-refractivity contribution in [2.45, 2.75) is 18.2 Å². The van der Waals surface area contributed by atoms with Gasteiger partial charge in [-0.2, -0.15) is 5.10 Å². The Balaban J connectivity index is 1.60. The summed E-state index contributed by atoms with van der Waals surface area (Å²) < 4.78 is 7.15. The van der Waals surface area contributed by atoms with E-state index in [0.717, 1.165) is 17.7 Å². The number of ether oxygens (including phenoxy) is 1. The molecule has 3 rings (SSSR count). The van der Waals surface area contributed by atoms with Gasteiger partial charge in [0.1, 0.15) is 11.9 Å². The second-order valence-electron chi connectivity index (χ2n) is 4.64. The Morgan fingerprint density at radius 1 is 1.40 bits per heavy atom. The Morgan fingerprint density at radius 2 is 2.30 bits per heavy atom. The number of rotatable bonds is 4. The molecule has 0 aliphatic carbocycles. The van der Waals surface area contributed by atoms with Gasteiger partial charge in [-0.15, -0.1) is 11.8 Å². The van der Waals surface area contributed by atoms with Gasteiger partial charge in [-0.25, -0.2) is 0 Å². The molecule has 1 aromatic carbocycles. The fraction of sp³-hybridized carbons (Fsp3) is 0.333. The molecule has 20 heavy (non-hydrogen) atoms. The van der Waals surface area contributed by atoms with Crippen molar-refractivity contribution in [3.05, 3.63) is 53.9 Å². The minimum atomic E-state index is -0.183. The molecule has 0 unspecified atom stereocenters.